The van der Waals surface area contributed by atoms with Crippen LogP contribution in [0.3, 0.4) is 0 Å². The summed E-state index contributed by atoms with van der Waals surface area (Å²) in [5.41, 5.74) is 4.28. The smallest absolute Gasteiger partial charge is 0.255 e. The summed E-state index contributed by atoms with van der Waals surface area (Å²) in [5.74, 6) is 0.513. The highest BCUT2D eigenvalue weighted by Crippen LogP contribution is 2.25. The van der Waals surface area contributed by atoms with Crippen LogP contribution >= 0.6 is 0 Å². The summed E-state index contributed by atoms with van der Waals surface area (Å²) in [6.07, 6.45) is 10.1. The molecule has 1 aromatic carbocycles. The summed E-state index contributed by atoms with van der Waals surface area (Å²) >= 11 is 0. The summed E-state index contributed by atoms with van der Waals surface area (Å²) in [6.45, 7) is 2.43. The molecule has 3 aromatic heterocycles. The second kappa shape index (κ2) is 8.55. The lowest BCUT2D eigenvalue weighted by molar-refractivity contribution is 0.0954. The molecular weight excluding hydrogens is 388 g/mol. The van der Waals surface area contributed by atoms with Crippen molar-refractivity contribution < 1.29 is 4.79 Å². The third-order valence-corrected chi connectivity index (χ3v) is 5.72. The summed E-state index contributed by atoms with van der Waals surface area (Å²) in [7, 11) is 0. The number of hydrogen-bond acceptors (Lipinski definition) is 5. The van der Waals surface area contributed by atoms with Crippen LogP contribution in [0, 0.1) is 0 Å². The van der Waals surface area contributed by atoms with Gasteiger partial charge in [-0.1, -0.05) is 18.2 Å². The van der Waals surface area contributed by atoms with Gasteiger partial charge in [0.05, 0.1) is 11.3 Å². The van der Waals surface area contributed by atoms with Crippen molar-refractivity contribution in [2.24, 2.45) is 0 Å². The molecule has 0 aliphatic carbocycles. The molecule has 0 atom stereocenters. The first kappa shape index (κ1) is 19.2. The van der Waals surface area contributed by atoms with Crippen LogP contribution in [-0.2, 0) is 6.42 Å². The lowest BCUT2D eigenvalue weighted by Crippen LogP contribution is -2.27. The van der Waals surface area contributed by atoms with Gasteiger partial charge in [0.2, 0.25) is 5.95 Å². The largest absolute Gasteiger partial charge is 0.361 e. The minimum atomic E-state index is -0.167. The van der Waals surface area contributed by atoms with Crippen molar-refractivity contribution in [2.75, 3.05) is 24.5 Å². The number of aromatic amines is 1. The maximum absolute atomic E-state index is 13.0. The van der Waals surface area contributed by atoms with E-state index in [1.165, 1.54) is 10.9 Å². The predicted octanol–water partition coefficient (Wildman–Crippen LogP) is 3.59. The molecule has 4 heterocycles. The Labute approximate surface area is 180 Å². The molecule has 1 fully saturated rings. The van der Waals surface area contributed by atoms with Crippen LogP contribution in [0.15, 0.2) is 61.2 Å². The number of carbonyl (C=O) groups is 1. The van der Waals surface area contributed by atoms with Gasteiger partial charge in [-0.15, -0.1) is 0 Å². The first-order valence-electron chi connectivity index (χ1n) is 10.7. The van der Waals surface area contributed by atoms with Crippen LogP contribution in [0.25, 0.3) is 22.2 Å². The van der Waals surface area contributed by atoms with Gasteiger partial charge in [0.25, 0.3) is 5.91 Å². The van der Waals surface area contributed by atoms with E-state index in [2.05, 4.69) is 37.3 Å². The highest BCUT2D eigenvalue weighted by molar-refractivity contribution is 5.99. The molecule has 0 saturated carbocycles. The topological polar surface area (TPSA) is 86.8 Å². The number of hydrogen-bond donors (Lipinski definition) is 2. The van der Waals surface area contributed by atoms with E-state index in [0.717, 1.165) is 43.4 Å². The van der Waals surface area contributed by atoms with Gasteiger partial charge in [0.1, 0.15) is 0 Å². The zero-order valence-electron chi connectivity index (χ0n) is 17.2. The predicted molar refractivity (Wildman–Crippen MR) is 121 cm³/mol. The van der Waals surface area contributed by atoms with Crippen molar-refractivity contribution in [3.63, 3.8) is 0 Å². The molecule has 0 bridgehead atoms. The van der Waals surface area contributed by atoms with Gasteiger partial charge in [0.15, 0.2) is 0 Å². The molecule has 0 spiro atoms. The SMILES string of the molecule is O=C(NCCc1c[nH]c2ccccc12)c1cnc(N2CCCC2)nc1-c1ccncc1. The first-order valence-corrected chi connectivity index (χ1v) is 10.7. The van der Waals surface area contributed by atoms with Crippen molar-refractivity contribution in [2.45, 2.75) is 19.3 Å². The van der Waals surface area contributed by atoms with E-state index in [4.69, 9.17) is 4.98 Å². The van der Waals surface area contributed by atoms with Crippen molar-refractivity contribution in [1.82, 2.24) is 25.3 Å². The van der Waals surface area contributed by atoms with Gasteiger partial charge in [-0.05, 0) is 43.0 Å². The Hall–Kier alpha value is -3.74. The monoisotopic (exact) mass is 412 g/mol. The van der Waals surface area contributed by atoms with Gasteiger partial charge in [-0.2, -0.15) is 0 Å². The van der Waals surface area contributed by atoms with Crippen LogP contribution in [0.2, 0.25) is 0 Å². The maximum Gasteiger partial charge on any atom is 0.255 e. The third kappa shape index (κ3) is 3.99. The minimum Gasteiger partial charge on any atom is -0.361 e. The molecule has 1 amide bonds. The van der Waals surface area contributed by atoms with Gasteiger partial charge in [-0.25, -0.2) is 9.97 Å². The lowest BCUT2D eigenvalue weighted by Gasteiger charge is -2.17. The molecule has 156 valence electrons. The number of H-pyrrole nitrogens is 1. The average molecular weight is 412 g/mol. The molecule has 1 aliphatic rings. The van der Waals surface area contributed by atoms with Crippen molar-refractivity contribution in [3.05, 3.63) is 72.3 Å². The molecule has 31 heavy (non-hydrogen) atoms. The van der Waals surface area contributed by atoms with Crippen molar-refractivity contribution >= 4 is 22.8 Å². The highest BCUT2D eigenvalue weighted by Gasteiger charge is 2.20. The molecular formula is C24H24N6O. The third-order valence-electron chi connectivity index (χ3n) is 5.72. The standard InChI is InChI=1S/C24H24N6O/c31-23(26-12-9-18-15-27-21-6-2-1-5-19(18)21)20-16-28-24(30-13-3-4-14-30)29-22(20)17-7-10-25-11-8-17/h1-2,5-8,10-11,15-16,27H,3-4,9,12-14H2,(H,26,31). The summed E-state index contributed by atoms with van der Waals surface area (Å²) in [4.78, 5) is 31.8. The van der Waals surface area contributed by atoms with Crippen LogP contribution in [0.5, 0.6) is 0 Å². The number of pyridine rings is 1. The number of fused-ring (bicyclic) bond motifs is 1. The number of nitrogens with zero attached hydrogens (tertiary/aromatic N) is 4. The number of para-hydroxylation sites is 1. The Morgan fingerprint density at radius 3 is 2.74 bits per heavy atom. The lowest BCUT2D eigenvalue weighted by atomic mass is 10.1. The molecule has 7 heteroatoms. The number of anilines is 1. The Bertz CT molecular complexity index is 1200. The van der Waals surface area contributed by atoms with Crippen molar-refractivity contribution in [3.8, 4) is 11.3 Å². The number of amides is 1. The Morgan fingerprint density at radius 2 is 1.90 bits per heavy atom. The Morgan fingerprint density at radius 1 is 1.10 bits per heavy atom. The van der Waals surface area contributed by atoms with E-state index >= 15 is 0 Å². The molecule has 1 saturated heterocycles. The summed E-state index contributed by atoms with van der Waals surface area (Å²) in [5, 5.41) is 4.23. The van der Waals surface area contributed by atoms with E-state index < -0.39 is 0 Å². The second-order valence-electron chi connectivity index (χ2n) is 7.73. The van der Waals surface area contributed by atoms with Gasteiger partial charge >= 0.3 is 0 Å². The maximum atomic E-state index is 13.0. The Kier molecular flexibility index (Phi) is 5.31. The fourth-order valence-electron chi connectivity index (χ4n) is 4.08. The zero-order valence-corrected chi connectivity index (χ0v) is 17.2. The molecule has 4 aromatic rings. The summed E-state index contributed by atoms with van der Waals surface area (Å²) < 4.78 is 0. The molecule has 5 rings (SSSR count). The number of aromatic nitrogens is 4. The number of rotatable bonds is 6. The van der Waals surface area contributed by atoms with Gasteiger partial charge < -0.3 is 15.2 Å². The quantitative estimate of drug-likeness (QED) is 0.505. The minimum absolute atomic E-state index is 0.167. The highest BCUT2D eigenvalue weighted by atomic mass is 16.1. The van der Waals surface area contributed by atoms with Crippen LogP contribution in [0.1, 0.15) is 28.8 Å². The van der Waals surface area contributed by atoms with E-state index in [-0.39, 0.29) is 5.91 Å². The second-order valence-corrected chi connectivity index (χ2v) is 7.73. The van der Waals surface area contributed by atoms with E-state index in [0.29, 0.717) is 23.8 Å². The van der Waals surface area contributed by atoms with E-state index in [1.54, 1.807) is 18.6 Å². The number of nitrogens with one attached hydrogen (secondary N) is 2. The Balaban J connectivity index is 1.36. The number of carbonyl (C=O) groups excluding carboxylic acids is 1. The molecule has 7 nitrogen and oxygen atoms in total. The normalized spacial score (nSPS) is 13.6. The van der Waals surface area contributed by atoms with E-state index in [1.807, 2.05) is 30.5 Å². The fourth-order valence-corrected chi connectivity index (χ4v) is 4.08. The van der Waals surface area contributed by atoms with Gasteiger partial charge in [-0.3, -0.25) is 9.78 Å². The average Bonchev–Trinajstić information content (AvgIpc) is 3.50. The molecule has 2 N–H and O–H groups in total. The van der Waals surface area contributed by atoms with Crippen molar-refractivity contribution in [1.29, 1.82) is 0 Å². The molecule has 0 radical (unpaired) electrons. The van der Waals surface area contributed by atoms with Crippen LogP contribution in [0.4, 0.5) is 5.95 Å². The van der Waals surface area contributed by atoms with Crippen LogP contribution in [-0.4, -0.2) is 45.5 Å². The summed E-state index contributed by atoms with van der Waals surface area (Å²) in [6, 6.07) is 11.9. The fraction of sp³-hybridized carbons (Fsp3) is 0.250. The van der Waals surface area contributed by atoms with Crippen LogP contribution < -0.4 is 10.2 Å². The van der Waals surface area contributed by atoms with Gasteiger partial charge in [0, 0.05) is 60.9 Å². The first-order chi connectivity index (χ1) is 15.3. The molecule has 0 unspecified atom stereocenters. The molecule has 1 aliphatic heterocycles. The number of benzene rings is 1. The van der Waals surface area contributed by atoms with E-state index in [9.17, 15) is 4.79 Å². The zero-order chi connectivity index (χ0) is 21.0.